The van der Waals surface area contributed by atoms with Gasteiger partial charge in [-0.2, -0.15) is 0 Å². The van der Waals surface area contributed by atoms with Gasteiger partial charge in [0.15, 0.2) is 11.5 Å². The molecule has 6 nitrogen and oxygen atoms in total. The van der Waals surface area contributed by atoms with Crippen LogP contribution in [0.5, 0.6) is 11.5 Å². The zero-order chi connectivity index (χ0) is 16.1. The standard InChI is InChI=1S/C17H24N2O4/c1-12(13-2-3-15-16(10-13)22-9-8-21-15)19-17(20)11-23-14-4-6-18-7-5-14/h2-3,10,12,14,18H,4-9,11H2,1H3,(H,19,20). The third kappa shape index (κ3) is 4.36. The molecule has 2 heterocycles. The largest absolute Gasteiger partial charge is 0.486 e. The molecule has 1 amide bonds. The first-order chi connectivity index (χ1) is 11.2. The fourth-order valence-corrected chi connectivity index (χ4v) is 2.85. The number of ether oxygens (including phenoxy) is 3. The van der Waals surface area contributed by atoms with Crippen molar-refractivity contribution in [1.82, 2.24) is 10.6 Å². The lowest BCUT2D eigenvalue weighted by molar-refractivity contribution is -0.128. The predicted octanol–water partition coefficient (Wildman–Crippen LogP) is 1.40. The van der Waals surface area contributed by atoms with Gasteiger partial charge in [-0.25, -0.2) is 0 Å². The molecular weight excluding hydrogens is 296 g/mol. The minimum Gasteiger partial charge on any atom is -0.486 e. The van der Waals surface area contributed by atoms with Gasteiger partial charge in [-0.1, -0.05) is 6.07 Å². The first-order valence-corrected chi connectivity index (χ1v) is 8.23. The number of carbonyl (C=O) groups is 1. The summed E-state index contributed by atoms with van der Waals surface area (Å²) in [5.74, 6) is 1.40. The Labute approximate surface area is 136 Å². The number of carbonyl (C=O) groups excluding carboxylic acids is 1. The number of hydrogen-bond donors (Lipinski definition) is 2. The van der Waals surface area contributed by atoms with Crippen molar-refractivity contribution in [3.63, 3.8) is 0 Å². The van der Waals surface area contributed by atoms with Crippen LogP contribution in [0, 0.1) is 0 Å². The average Bonchev–Trinajstić information content (AvgIpc) is 2.60. The van der Waals surface area contributed by atoms with Gasteiger partial charge in [0.25, 0.3) is 0 Å². The molecule has 1 saturated heterocycles. The molecule has 1 aromatic rings. The number of rotatable bonds is 5. The summed E-state index contributed by atoms with van der Waals surface area (Å²) in [5.41, 5.74) is 0.990. The second-order valence-electron chi connectivity index (χ2n) is 5.95. The van der Waals surface area contributed by atoms with Gasteiger partial charge in [0.05, 0.1) is 12.1 Å². The molecule has 0 radical (unpaired) electrons. The summed E-state index contributed by atoms with van der Waals surface area (Å²) in [6.45, 7) is 5.11. The van der Waals surface area contributed by atoms with Crippen LogP contribution in [0.3, 0.4) is 0 Å². The summed E-state index contributed by atoms with van der Waals surface area (Å²) in [4.78, 5) is 12.1. The van der Waals surface area contributed by atoms with Crippen LogP contribution in [0.4, 0.5) is 0 Å². The van der Waals surface area contributed by atoms with Gasteiger partial charge in [0, 0.05) is 0 Å². The molecule has 3 rings (SSSR count). The molecule has 0 aromatic heterocycles. The Bertz CT molecular complexity index is 543. The molecule has 1 unspecified atom stereocenters. The number of nitrogens with one attached hydrogen (secondary N) is 2. The normalized spacial score (nSPS) is 19.2. The molecule has 2 N–H and O–H groups in total. The Balaban J connectivity index is 1.49. The maximum atomic E-state index is 12.1. The zero-order valence-corrected chi connectivity index (χ0v) is 13.5. The van der Waals surface area contributed by atoms with Crippen molar-refractivity contribution in [2.75, 3.05) is 32.9 Å². The molecular formula is C17H24N2O4. The lowest BCUT2D eigenvalue weighted by Crippen LogP contribution is -2.36. The van der Waals surface area contributed by atoms with E-state index in [1.165, 1.54) is 0 Å². The number of benzene rings is 1. The van der Waals surface area contributed by atoms with Gasteiger partial charge >= 0.3 is 0 Å². The van der Waals surface area contributed by atoms with Gasteiger partial charge in [-0.05, 0) is 50.6 Å². The third-order valence-electron chi connectivity index (χ3n) is 4.18. The molecule has 1 atom stereocenters. The minimum absolute atomic E-state index is 0.0917. The van der Waals surface area contributed by atoms with E-state index in [0.717, 1.165) is 43.0 Å². The molecule has 0 aliphatic carbocycles. The maximum Gasteiger partial charge on any atom is 0.246 e. The second kappa shape index (κ2) is 7.66. The van der Waals surface area contributed by atoms with Crippen molar-refractivity contribution in [2.24, 2.45) is 0 Å². The summed E-state index contributed by atoms with van der Waals surface area (Å²) in [6.07, 6.45) is 2.11. The highest BCUT2D eigenvalue weighted by Crippen LogP contribution is 2.32. The lowest BCUT2D eigenvalue weighted by Gasteiger charge is -2.23. The molecule has 1 aromatic carbocycles. The van der Waals surface area contributed by atoms with Crippen LogP contribution in [-0.2, 0) is 9.53 Å². The van der Waals surface area contributed by atoms with E-state index in [0.29, 0.717) is 13.2 Å². The van der Waals surface area contributed by atoms with E-state index >= 15 is 0 Å². The molecule has 2 aliphatic rings. The Kier molecular flexibility index (Phi) is 5.35. The van der Waals surface area contributed by atoms with E-state index in [1.54, 1.807) is 0 Å². The van der Waals surface area contributed by atoms with Crippen LogP contribution < -0.4 is 20.1 Å². The van der Waals surface area contributed by atoms with Crippen LogP contribution in [0.25, 0.3) is 0 Å². The van der Waals surface area contributed by atoms with E-state index in [9.17, 15) is 4.79 Å². The topological polar surface area (TPSA) is 68.8 Å². The van der Waals surface area contributed by atoms with E-state index < -0.39 is 0 Å². The number of fused-ring (bicyclic) bond motifs is 1. The molecule has 0 bridgehead atoms. The second-order valence-corrected chi connectivity index (χ2v) is 5.95. The third-order valence-corrected chi connectivity index (χ3v) is 4.18. The molecule has 0 saturated carbocycles. The van der Waals surface area contributed by atoms with Crippen LogP contribution in [0.2, 0.25) is 0 Å². The SMILES string of the molecule is CC(NC(=O)COC1CCNCC1)c1ccc2c(c1)OCCO2. The highest BCUT2D eigenvalue weighted by molar-refractivity contribution is 5.77. The minimum atomic E-state index is -0.102. The molecule has 0 spiro atoms. The van der Waals surface area contributed by atoms with E-state index in [2.05, 4.69) is 10.6 Å². The Morgan fingerprint density at radius 1 is 1.30 bits per heavy atom. The van der Waals surface area contributed by atoms with Crippen molar-refractivity contribution >= 4 is 5.91 Å². The molecule has 126 valence electrons. The highest BCUT2D eigenvalue weighted by atomic mass is 16.6. The summed E-state index contributed by atoms with van der Waals surface area (Å²) < 4.78 is 16.8. The van der Waals surface area contributed by atoms with E-state index in [1.807, 2.05) is 25.1 Å². The molecule has 2 aliphatic heterocycles. The van der Waals surface area contributed by atoms with Crippen LogP contribution in [0.15, 0.2) is 18.2 Å². The van der Waals surface area contributed by atoms with Gasteiger partial charge in [-0.15, -0.1) is 0 Å². The van der Waals surface area contributed by atoms with Crippen LogP contribution in [0.1, 0.15) is 31.4 Å². The summed E-state index contributed by atoms with van der Waals surface area (Å²) >= 11 is 0. The van der Waals surface area contributed by atoms with Gasteiger partial charge in [-0.3, -0.25) is 4.79 Å². The van der Waals surface area contributed by atoms with Crippen molar-refractivity contribution < 1.29 is 19.0 Å². The van der Waals surface area contributed by atoms with E-state index in [4.69, 9.17) is 14.2 Å². The van der Waals surface area contributed by atoms with Crippen molar-refractivity contribution in [3.05, 3.63) is 23.8 Å². The summed E-state index contributed by atoms with van der Waals surface area (Å²) in [7, 11) is 0. The lowest BCUT2D eigenvalue weighted by atomic mass is 10.1. The fourth-order valence-electron chi connectivity index (χ4n) is 2.85. The van der Waals surface area contributed by atoms with Crippen molar-refractivity contribution in [1.29, 1.82) is 0 Å². The van der Waals surface area contributed by atoms with Gasteiger partial charge in [0.2, 0.25) is 5.91 Å². The van der Waals surface area contributed by atoms with Crippen LogP contribution >= 0.6 is 0 Å². The number of piperidine rings is 1. The van der Waals surface area contributed by atoms with Crippen molar-refractivity contribution in [3.8, 4) is 11.5 Å². The maximum absolute atomic E-state index is 12.1. The van der Waals surface area contributed by atoms with E-state index in [-0.39, 0.29) is 24.7 Å². The quantitative estimate of drug-likeness (QED) is 0.858. The molecule has 1 fully saturated rings. The van der Waals surface area contributed by atoms with Gasteiger partial charge in [0.1, 0.15) is 19.8 Å². The zero-order valence-electron chi connectivity index (χ0n) is 13.5. The fraction of sp³-hybridized carbons (Fsp3) is 0.588. The molecule has 6 heteroatoms. The highest BCUT2D eigenvalue weighted by Gasteiger charge is 2.18. The average molecular weight is 320 g/mol. The van der Waals surface area contributed by atoms with Crippen LogP contribution in [-0.4, -0.2) is 44.9 Å². The monoisotopic (exact) mass is 320 g/mol. The summed E-state index contributed by atoms with van der Waals surface area (Å²) in [6, 6.07) is 5.66. The van der Waals surface area contributed by atoms with Crippen molar-refractivity contribution in [2.45, 2.75) is 31.9 Å². The van der Waals surface area contributed by atoms with Gasteiger partial charge < -0.3 is 24.8 Å². The first-order valence-electron chi connectivity index (χ1n) is 8.23. The number of hydrogen-bond acceptors (Lipinski definition) is 5. The smallest absolute Gasteiger partial charge is 0.246 e. The molecule has 23 heavy (non-hydrogen) atoms. The summed E-state index contributed by atoms with van der Waals surface area (Å²) in [5, 5.41) is 6.24. The Morgan fingerprint density at radius 3 is 2.83 bits per heavy atom. The Hall–Kier alpha value is -1.79. The number of amides is 1. The first kappa shape index (κ1) is 16.1. The predicted molar refractivity (Wildman–Crippen MR) is 85.8 cm³/mol. The Morgan fingerprint density at radius 2 is 2.04 bits per heavy atom.